The fraction of sp³-hybridized carbons (Fsp3) is 0.350. The molecule has 152 valence electrons. The molecule has 0 aliphatic rings. The van der Waals surface area contributed by atoms with Crippen LogP contribution in [0.5, 0.6) is 11.5 Å². The summed E-state index contributed by atoms with van der Waals surface area (Å²) < 4.78 is 36.4. The van der Waals surface area contributed by atoms with E-state index < -0.39 is 22.0 Å². The minimum Gasteiger partial charge on any atom is -0.493 e. The molecule has 0 aliphatic carbocycles. The summed E-state index contributed by atoms with van der Waals surface area (Å²) in [4.78, 5) is 12.5. The lowest BCUT2D eigenvalue weighted by molar-refractivity contribution is -0.121. The average Bonchev–Trinajstić information content (AvgIpc) is 2.66. The van der Waals surface area contributed by atoms with Gasteiger partial charge in [0.2, 0.25) is 15.9 Å². The Morgan fingerprint density at radius 3 is 2.29 bits per heavy atom. The molecule has 0 saturated heterocycles. The third-order valence-electron chi connectivity index (χ3n) is 4.10. The summed E-state index contributed by atoms with van der Waals surface area (Å²) >= 11 is 0. The quantitative estimate of drug-likeness (QED) is 0.646. The van der Waals surface area contributed by atoms with Crippen molar-refractivity contribution in [3.05, 3.63) is 54.1 Å². The first kappa shape index (κ1) is 21.6. The molecule has 0 heterocycles. The van der Waals surface area contributed by atoms with Gasteiger partial charge in [0.05, 0.1) is 25.6 Å². The van der Waals surface area contributed by atoms with Crippen LogP contribution in [0.4, 0.5) is 5.69 Å². The maximum Gasteiger partial charge on any atom is 0.243 e. The van der Waals surface area contributed by atoms with Gasteiger partial charge < -0.3 is 14.8 Å². The van der Waals surface area contributed by atoms with Crippen molar-refractivity contribution < 1.29 is 22.7 Å². The van der Waals surface area contributed by atoms with Gasteiger partial charge in [-0.15, -0.1) is 0 Å². The number of amides is 1. The zero-order valence-electron chi connectivity index (χ0n) is 16.5. The molecule has 2 aromatic carbocycles. The van der Waals surface area contributed by atoms with E-state index in [1.165, 1.54) is 0 Å². The van der Waals surface area contributed by atoms with Gasteiger partial charge in [0.15, 0.2) is 11.5 Å². The Kier molecular flexibility index (Phi) is 7.28. The molecule has 0 fully saturated rings. The number of para-hydroxylation sites is 2. The number of hydrogen-bond donors (Lipinski definition) is 1. The molecule has 8 heteroatoms. The van der Waals surface area contributed by atoms with Gasteiger partial charge in [-0.2, -0.15) is 0 Å². The molecular weight excluding hydrogens is 380 g/mol. The molecule has 2 rings (SSSR count). The number of anilines is 1. The van der Waals surface area contributed by atoms with Gasteiger partial charge in [-0.3, -0.25) is 9.10 Å². The Labute approximate surface area is 166 Å². The Bertz CT molecular complexity index is 897. The van der Waals surface area contributed by atoms with E-state index in [0.717, 1.165) is 16.1 Å². The van der Waals surface area contributed by atoms with E-state index >= 15 is 0 Å². The number of nitrogens with one attached hydrogen (secondary N) is 1. The lowest BCUT2D eigenvalue weighted by atomic mass is 10.2. The van der Waals surface area contributed by atoms with Crippen molar-refractivity contribution in [3.63, 3.8) is 0 Å². The van der Waals surface area contributed by atoms with Crippen molar-refractivity contribution in [2.24, 2.45) is 0 Å². The van der Waals surface area contributed by atoms with Crippen LogP contribution in [0, 0.1) is 6.92 Å². The van der Waals surface area contributed by atoms with Gasteiger partial charge in [-0.05, 0) is 38.1 Å². The third kappa shape index (κ3) is 5.63. The van der Waals surface area contributed by atoms with Crippen molar-refractivity contribution in [2.45, 2.75) is 19.9 Å². The molecule has 7 nitrogen and oxygen atoms in total. The molecule has 1 atom stereocenters. The number of methoxy groups -OCH3 is 1. The first-order chi connectivity index (χ1) is 13.2. The number of nitrogens with zero attached hydrogens (tertiary/aromatic N) is 1. The molecule has 0 bridgehead atoms. The zero-order valence-corrected chi connectivity index (χ0v) is 17.3. The zero-order chi connectivity index (χ0) is 20.7. The maximum absolute atomic E-state index is 12.5. The van der Waals surface area contributed by atoms with Gasteiger partial charge >= 0.3 is 0 Å². The van der Waals surface area contributed by atoms with Crippen LogP contribution in [0.15, 0.2) is 48.5 Å². The van der Waals surface area contributed by atoms with Gasteiger partial charge in [0.1, 0.15) is 12.6 Å². The average molecular weight is 407 g/mol. The van der Waals surface area contributed by atoms with Crippen LogP contribution in [0.3, 0.4) is 0 Å². The monoisotopic (exact) mass is 406 g/mol. The van der Waals surface area contributed by atoms with E-state index in [0.29, 0.717) is 17.2 Å². The number of rotatable bonds is 9. The number of ether oxygens (including phenoxy) is 2. The second-order valence-corrected chi connectivity index (χ2v) is 8.22. The van der Waals surface area contributed by atoms with Crippen LogP contribution in [0.1, 0.15) is 12.5 Å². The molecule has 0 aliphatic heterocycles. The molecule has 1 unspecified atom stereocenters. The number of carbonyl (C=O) groups is 1. The number of sulfonamides is 1. The van der Waals surface area contributed by atoms with Crippen LogP contribution in [-0.4, -0.2) is 46.9 Å². The van der Waals surface area contributed by atoms with Crippen molar-refractivity contribution in [3.8, 4) is 11.5 Å². The van der Waals surface area contributed by atoms with Crippen molar-refractivity contribution in [1.29, 1.82) is 0 Å². The highest BCUT2D eigenvalue weighted by molar-refractivity contribution is 7.92. The van der Waals surface area contributed by atoms with E-state index in [4.69, 9.17) is 9.47 Å². The molecule has 1 amide bonds. The Balaban J connectivity index is 1.98. The molecular formula is C20H26N2O5S. The molecule has 0 saturated carbocycles. The van der Waals surface area contributed by atoms with Crippen LogP contribution in [0.2, 0.25) is 0 Å². The Morgan fingerprint density at radius 1 is 1.11 bits per heavy atom. The smallest absolute Gasteiger partial charge is 0.243 e. The standard InChI is InChI=1S/C20H26N2O5S/c1-15-9-11-17(12-10-15)22(28(4,24)25)16(2)20(23)21-13-14-27-19-8-6-5-7-18(19)26-3/h5-12,16H,13-14H2,1-4H3,(H,21,23). The summed E-state index contributed by atoms with van der Waals surface area (Å²) in [5.41, 5.74) is 1.45. The molecule has 1 N–H and O–H groups in total. The Morgan fingerprint density at radius 2 is 1.71 bits per heavy atom. The Hall–Kier alpha value is -2.74. The highest BCUT2D eigenvalue weighted by Crippen LogP contribution is 2.25. The highest BCUT2D eigenvalue weighted by atomic mass is 32.2. The molecule has 2 aromatic rings. The molecule has 0 aromatic heterocycles. The highest BCUT2D eigenvalue weighted by Gasteiger charge is 2.28. The van der Waals surface area contributed by atoms with Gasteiger partial charge in [0, 0.05) is 0 Å². The van der Waals surface area contributed by atoms with E-state index in [-0.39, 0.29) is 13.2 Å². The van der Waals surface area contributed by atoms with Crippen LogP contribution >= 0.6 is 0 Å². The largest absolute Gasteiger partial charge is 0.493 e. The summed E-state index contributed by atoms with van der Waals surface area (Å²) in [7, 11) is -2.08. The maximum atomic E-state index is 12.5. The van der Waals surface area contributed by atoms with Crippen molar-refractivity contribution >= 4 is 21.6 Å². The fourth-order valence-corrected chi connectivity index (χ4v) is 3.90. The van der Waals surface area contributed by atoms with Gasteiger partial charge in [0.25, 0.3) is 0 Å². The van der Waals surface area contributed by atoms with E-state index in [1.807, 2.05) is 19.1 Å². The summed E-state index contributed by atoms with van der Waals surface area (Å²) in [5.74, 6) is 0.768. The van der Waals surface area contributed by atoms with Gasteiger partial charge in [-0.25, -0.2) is 8.42 Å². The van der Waals surface area contributed by atoms with Crippen molar-refractivity contribution in [2.75, 3.05) is 30.8 Å². The fourth-order valence-electron chi connectivity index (χ4n) is 2.72. The second-order valence-electron chi connectivity index (χ2n) is 6.36. The lowest BCUT2D eigenvalue weighted by Gasteiger charge is -2.28. The molecule has 28 heavy (non-hydrogen) atoms. The number of carbonyl (C=O) groups excluding carboxylic acids is 1. The van der Waals surface area contributed by atoms with Crippen LogP contribution in [-0.2, 0) is 14.8 Å². The predicted octanol–water partition coefficient (Wildman–Crippen LogP) is 2.35. The second kappa shape index (κ2) is 9.45. The topological polar surface area (TPSA) is 84.9 Å². The predicted molar refractivity (Wildman–Crippen MR) is 109 cm³/mol. The minimum atomic E-state index is -3.63. The molecule has 0 spiro atoms. The SMILES string of the molecule is COc1ccccc1OCCNC(=O)C(C)N(c1ccc(C)cc1)S(C)(=O)=O. The van der Waals surface area contributed by atoms with E-state index in [9.17, 15) is 13.2 Å². The van der Waals surface area contributed by atoms with E-state index in [2.05, 4.69) is 5.32 Å². The van der Waals surface area contributed by atoms with Gasteiger partial charge in [-0.1, -0.05) is 29.8 Å². The number of aryl methyl sites for hydroxylation is 1. The number of benzene rings is 2. The normalized spacial score (nSPS) is 12.1. The van der Waals surface area contributed by atoms with Crippen LogP contribution in [0.25, 0.3) is 0 Å². The van der Waals surface area contributed by atoms with E-state index in [1.54, 1.807) is 50.4 Å². The summed E-state index contributed by atoms with van der Waals surface area (Å²) in [6.07, 6.45) is 1.08. The van der Waals surface area contributed by atoms with Crippen molar-refractivity contribution in [1.82, 2.24) is 5.32 Å². The minimum absolute atomic E-state index is 0.224. The number of hydrogen-bond acceptors (Lipinski definition) is 5. The van der Waals surface area contributed by atoms with Crippen LogP contribution < -0.4 is 19.1 Å². The molecule has 0 radical (unpaired) electrons. The first-order valence-corrected chi connectivity index (χ1v) is 10.7. The summed E-state index contributed by atoms with van der Waals surface area (Å²) in [5, 5.41) is 2.71. The summed E-state index contributed by atoms with van der Waals surface area (Å²) in [6.45, 7) is 3.92. The third-order valence-corrected chi connectivity index (χ3v) is 5.35. The first-order valence-electron chi connectivity index (χ1n) is 8.83. The lowest BCUT2D eigenvalue weighted by Crippen LogP contribution is -2.48. The summed E-state index contributed by atoms with van der Waals surface area (Å²) in [6, 6.07) is 13.3.